The van der Waals surface area contributed by atoms with Crippen LogP contribution in [0.1, 0.15) is 33.4 Å². The van der Waals surface area contributed by atoms with Crippen LogP contribution in [-0.2, 0) is 13.5 Å². The summed E-state index contributed by atoms with van der Waals surface area (Å²) in [7, 11) is 1.87. The third-order valence-corrected chi connectivity index (χ3v) is 3.70. The van der Waals surface area contributed by atoms with E-state index in [1.807, 2.05) is 13.2 Å². The first-order valence-electron chi connectivity index (χ1n) is 6.52. The van der Waals surface area contributed by atoms with Crippen molar-refractivity contribution < 1.29 is 0 Å². The average Bonchev–Trinajstić information content (AvgIpc) is 2.72. The van der Waals surface area contributed by atoms with Crippen molar-refractivity contribution in [2.45, 2.75) is 45.7 Å². The second-order valence-corrected chi connectivity index (χ2v) is 5.13. The van der Waals surface area contributed by atoms with Crippen LogP contribution in [0.5, 0.6) is 0 Å². The molecule has 0 aliphatic heterocycles. The van der Waals surface area contributed by atoms with E-state index in [1.54, 1.807) is 4.68 Å². The van der Waals surface area contributed by atoms with E-state index in [1.165, 1.54) is 0 Å². The molecule has 0 aromatic carbocycles. The van der Waals surface area contributed by atoms with Crippen molar-refractivity contribution in [2.75, 3.05) is 13.1 Å². The van der Waals surface area contributed by atoms with Crippen LogP contribution in [0.2, 0.25) is 0 Å². The first kappa shape index (κ1) is 15.1. The Bertz CT molecular complexity index is 355. The van der Waals surface area contributed by atoms with E-state index in [-0.39, 0.29) is 11.6 Å². The van der Waals surface area contributed by atoms with Crippen LogP contribution in [0.4, 0.5) is 0 Å². The van der Waals surface area contributed by atoms with Crippen LogP contribution in [0.15, 0.2) is 6.20 Å². The molecule has 0 aliphatic carbocycles. The molecule has 1 unspecified atom stereocenters. The van der Waals surface area contributed by atoms with Crippen LogP contribution >= 0.6 is 0 Å². The molecular weight excluding hydrogens is 228 g/mol. The lowest BCUT2D eigenvalue weighted by atomic mass is 9.89. The molecule has 1 aromatic heterocycles. The van der Waals surface area contributed by atoms with E-state index in [2.05, 4.69) is 48.3 Å². The van der Waals surface area contributed by atoms with E-state index in [0.29, 0.717) is 0 Å². The molecule has 6 nitrogen and oxygen atoms in total. The second-order valence-electron chi connectivity index (χ2n) is 5.13. The van der Waals surface area contributed by atoms with Crippen LogP contribution in [0, 0.1) is 0 Å². The molecule has 0 amide bonds. The molecule has 0 saturated carbocycles. The molecule has 1 aromatic rings. The van der Waals surface area contributed by atoms with E-state index >= 15 is 0 Å². The molecular formula is C12H26N6. The van der Waals surface area contributed by atoms with Crippen LogP contribution in [0.25, 0.3) is 0 Å². The standard InChI is InChI=1S/C12H26N6/c1-6-18(7-2)12(3,4)11(14-13)8-10-9-17(5)16-15-10/h9,11,14H,6-8,13H2,1-5H3. The van der Waals surface area contributed by atoms with Gasteiger partial charge in [0.1, 0.15) is 0 Å². The Hall–Kier alpha value is -0.980. The minimum atomic E-state index is -0.0320. The van der Waals surface area contributed by atoms with Gasteiger partial charge in [-0.2, -0.15) is 0 Å². The van der Waals surface area contributed by atoms with Crippen molar-refractivity contribution >= 4 is 0 Å². The van der Waals surface area contributed by atoms with Gasteiger partial charge in [-0.1, -0.05) is 19.1 Å². The first-order valence-corrected chi connectivity index (χ1v) is 6.52. The summed E-state index contributed by atoms with van der Waals surface area (Å²) in [4.78, 5) is 2.40. The summed E-state index contributed by atoms with van der Waals surface area (Å²) in [5, 5.41) is 8.08. The van der Waals surface area contributed by atoms with Gasteiger partial charge in [-0.3, -0.25) is 20.9 Å². The van der Waals surface area contributed by atoms with E-state index in [0.717, 1.165) is 25.2 Å². The summed E-state index contributed by atoms with van der Waals surface area (Å²) < 4.78 is 1.72. The minimum absolute atomic E-state index is 0.0320. The van der Waals surface area contributed by atoms with Gasteiger partial charge in [0.2, 0.25) is 0 Å². The Morgan fingerprint density at radius 3 is 2.44 bits per heavy atom. The zero-order valence-electron chi connectivity index (χ0n) is 12.1. The van der Waals surface area contributed by atoms with Gasteiger partial charge in [0.25, 0.3) is 0 Å². The lowest BCUT2D eigenvalue weighted by Crippen LogP contribution is -2.60. The van der Waals surface area contributed by atoms with Crippen molar-refractivity contribution in [2.24, 2.45) is 12.9 Å². The summed E-state index contributed by atoms with van der Waals surface area (Å²) >= 11 is 0. The fourth-order valence-corrected chi connectivity index (χ4v) is 2.47. The van der Waals surface area contributed by atoms with Crippen molar-refractivity contribution in [3.63, 3.8) is 0 Å². The van der Waals surface area contributed by atoms with Crippen LogP contribution < -0.4 is 11.3 Å². The largest absolute Gasteiger partial charge is 0.297 e. The van der Waals surface area contributed by atoms with Gasteiger partial charge >= 0.3 is 0 Å². The number of hydrogen-bond acceptors (Lipinski definition) is 5. The second kappa shape index (κ2) is 6.26. The summed E-state index contributed by atoms with van der Waals surface area (Å²) in [6, 6.07) is 0.133. The fourth-order valence-electron chi connectivity index (χ4n) is 2.47. The Morgan fingerprint density at radius 2 is 2.06 bits per heavy atom. The Morgan fingerprint density at radius 1 is 1.44 bits per heavy atom. The zero-order valence-corrected chi connectivity index (χ0v) is 12.1. The van der Waals surface area contributed by atoms with Crippen molar-refractivity contribution in [1.82, 2.24) is 25.3 Å². The monoisotopic (exact) mass is 254 g/mol. The number of aromatic nitrogens is 3. The van der Waals surface area contributed by atoms with Gasteiger partial charge in [-0.25, -0.2) is 0 Å². The zero-order chi connectivity index (χ0) is 13.8. The summed E-state index contributed by atoms with van der Waals surface area (Å²) in [5.74, 6) is 5.73. The molecule has 104 valence electrons. The van der Waals surface area contributed by atoms with Gasteiger partial charge in [-0.15, -0.1) is 5.10 Å². The van der Waals surface area contributed by atoms with Crippen LogP contribution in [0.3, 0.4) is 0 Å². The minimum Gasteiger partial charge on any atom is -0.297 e. The average molecular weight is 254 g/mol. The highest BCUT2D eigenvalue weighted by atomic mass is 15.4. The van der Waals surface area contributed by atoms with Gasteiger partial charge in [0, 0.05) is 31.2 Å². The third-order valence-electron chi connectivity index (χ3n) is 3.70. The highest BCUT2D eigenvalue weighted by Gasteiger charge is 2.33. The first-order chi connectivity index (χ1) is 8.45. The van der Waals surface area contributed by atoms with E-state index in [9.17, 15) is 0 Å². The number of hydrogen-bond donors (Lipinski definition) is 2. The van der Waals surface area contributed by atoms with Crippen LogP contribution in [-0.4, -0.2) is 44.6 Å². The molecule has 0 fully saturated rings. The normalized spacial score (nSPS) is 14.2. The molecule has 6 heteroatoms. The fraction of sp³-hybridized carbons (Fsp3) is 0.833. The number of likely N-dealkylation sites (N-methyl/N-ethyl adjacent to an activating group) is 1. The topological polar surface area (TPSA) is 72.0 Å². The lowest BCUT2D eigenvalue weighted by Gasteiger charge is -2.43. The van der Waals surface area contributed by atoms with Crippen molar-refractivity contribution in [3.8, 4) is 0 Å². The molecule has 0 saturated heterocycles. The van der Waals surface area contributed by atoms with Gasteiger partial charge in [0.05, 0.1) is 5.69 Å². The highest BCUT2D eigenvalue weighted by Crippen LogP contribution is 2.20. The van der Waals surface area contributed by atoms with Crippen molar-refractivity contribution in [3.05, 3.63) is 11.9 Å². The quantitative estimate of drug-likeness (QED) is 0.541. The summed E-state index contributed by atoms with van der Waals surface area (Å²) in [5.41, 5.74) is 3.86. The molecule has 0 spiro atoms. The SMILES string of the molecule is CCN(CC)C(C)(C)C(Cc1cn(C)nn1)NN. The molecule has 18 heavy (non-hydrogen) atoms. The predicted octanol–water partition coefficient (Wildman–Crippen LogP) is 0.310. The molecule has 3 N–H and O–H groups in total. The molecule has 0 aliphatic rings. The number of nitrogens with zero attached hydrogens (tertiary/aromatic N) is 4. The molecule has 1 rings (SSSR count). The van der Waals surface area contributed by atoms with E-state index in [4.69, 9.17) is 5.84 Å². The molecule has 0 radical (unpaired) electrons. The molecule has 0 bridgehead atoms. The predicted molar refractivity (Wildman–Crippen MR) is 72.8 cm³/mol. The Labute approximate surface area is 109 Å². The maximum absolute atomic E-state index is 5.73. The summed E-state index contributed by atoms with van der Waals surface area (Å²) in [6.45, 7) is 10.8. The maximum atomic E-state index is 5.73. The van der Waals surface area contributed by atoms with E-state index < -0.39 is 0 Å². The number of nitrogens with one attached hydrogen (secondary N) is 1. The Balaban J connectivity index is 2.81. The highest BCUT2D eigenvalue weighted by molar-refractivity contribution is 5.02. The van der Waals surface area contributed by atoms with Gasteiger partial charge in [-0.05, 0) is 26.9 Å². The number of hydrazine groups is 1. The number of nitrogens with two attached hydrogens (primary N) is 1. The smallest absolute Gasteiger partial charge is 0.0843 e. The Kier molecular flexibility index (Phi) is 5.25. The number of aryl methyl sites for hydroxylation is 1. The molecule has 1 atom stereocenters. The summed E-state index contributed by atoms with van der Waals surface area (Å²) in [6.07, 6.45) is 2.70. The van der Waals surface area contributed by atoms with Gasteiger partial charge < -0.3 is 0 Å². The maximum Gasteiger partial charge on any atom is 0.0843 e. The van der Waals surface area contributed by atoms with Gasteiger partial charge in [0.15, 0.2) is 0 Å². The third kappa shape index (κ3) is 3.28. The molecule has 1 heterocycles. The lowest BCUT2D eigenvalue weighted by molar-refractivity contribution is 0.0908. The number of rotatable bonds is 7. The van der Waals surface area contributed by atoms with Crippen molar-refractivity contribution in [1.29, 1.82) is 0 Å².